The van der Waals surface area contributed by atoms with Crippen molar-refractivity contribution < 1.29 is 78.6 Å². The second-order valence-electron chi connectivity index (χ2n) is 3.85. The van der Waals surface area contributed by atoms with Crippen molar-refractivity contribution in [2.75, 3.05) is 0 Å². The van der Waals surface area contributed by atoms with Crippen molar-refractivity contribution >= 4 is 17.9 Å². The average molecular weight is 475 g/mol. The van der Waals surface area contributed by atoms with Crippen LogP contribution in [0.5, 0.6) is 0 Å². The minimum Gasteiger partial charge on any atom is -0.475 e. The summed E-state index contributed by atoms with van der Waals surface area (Å²) in [6.07, 6.45) is 3.97. The first-order valence-corrected chi connectivity index (χ1v) is 6.22. The Kier molecular flexibility index (Phi) is 10.7. The Morgan fingerprint density at radius 3 is 0.920 bits per heavy atom. The van der Waals surface area contributed by atoms with Crippen molar-refractivity contribution in [1.82, 2.24) is 0 Å². The molecule has 1 radical (unpaired) electrons. The number of carbonyl (C=O) groups is 3. The molecule has 3 rings (SSSR count). The zero-order valence-corrected chi connectivity index (χ0v) is 16.2. The van der Waals surface area contributed by atoms with Crippen LogP contribution < -0.4 is 0 Å². The molecule has 0 atom stereocenters. The third-order valence-electron chi connectivity index (χ3n) is 2.20. The van der Waals surface area contributed by atoms with Gasteiger partial charge in [0.25, 0.3) is 0 Å². The Morgan fingerprint density at radius 1 is 0.600 bits per heavy atom. The number of hydrogen-bond acceptors (Lipinski definition) is 6. The van der Waals surface area contributed by atoms with E-state index in [1.54, 1.807) is 0 Å². The molecule has 3 heterocycles. The maximum Gasteiger partial charge on any atom is 0.371 e. The van der Waals surface area contributed by atoms with Gasteiger partial charge >= 0.3 is 17.9 Å². The molecule has 10 heteroatoms. The van der Waals surface area contributed by atoms with E-state index in [1.165, 1.54) is 55.2 Å². The molecule has 0 aliphatic carbocycles. The smallest absolute Gasteiger partial charge is 0.371 e. The van der Waals surface area contributed by atoms with Crippen LogP contribution in [0.2, 0.25) is 0 Å². The van der Waals surface area contributed by atoms with E-state index >= 15 is 0 Å². The summed E-state index contributed by atoms with van der Waals surface area (Å²) in [6.45, 7) is 0. The Morgan fingerprint density at radius 2 is 0.840 bits per heavy atom. The monoisotopic (exact) mass is 475 g/mol. The van der Waals surface area contributed by atoms with Crippen LogP contribution in [0.3, 0.4) is 0 Å². The molecule has 0 bridgehead atoms. The second kappa shape index (κ2) is 11.9. The van der Waals surface area contributed by atoms with E-state index in [9.17, 15) is 14.4 Å². The number of aromatic carboxylic acids is 3. The van der Waals surface area contributed by atoms with Gasteiger partial charge in [-0.25, -0.2) is 14.4 Å². The maximum atomic E-state index is 9.97. The minimum absolute atomic E-state index is 0. The zero-order valence-electron chi connectivity index (χ0n) is 12.6. The van der Waals surface area contributed by atoms with Gasteiger partial charge in [-0.1, -0.05) is 0 Å². The number of carboxylic acid groups (broad SMARTS) is 3. The molecule has 0 aliphatic heterocycles. The summed E-state index contributed by atoms with van der Waals surface area (Å²) in [7, 11) is 0. The Balaban J connectivity index is 0.000000339. The van der Waals surface area contributed by atoms with Crippen molar-refractivity contribution in [3.8, 4) is 0 Å². The van der Waals surface area contributed by atoms with Crippen LogP contribution in [0.1, 0.15) is 31.7 Å². The van der Waals surface area contributed by atoms with Gasteiger partial charge in [0.2, 0.25) is 17.3 Å². The van der Waals surface area contributed by atoms with Crippen molar-refractivity contribution in [2.24, 2.45) is 0 Å². The van der Waals surface area contributed by atoms with Gasteiger partial charge in [0.15, 0.2) is 0 Å². The summed E-state index contributed by atoms with van der Waals surface area (Å²) >= 11 is 0. The first kappa shape index (κ1) is 22.4. The fourth-order valence-corrected chi connectivity index (χ4v) is 1.20. The predicted molar refractivity (Wildman–Crippen MR) is 77.0 cm³/mol. The van der Waals surface area contributed by atoms with E-state index < -0.39 is 17.9 Å². The van der Waals surface area contributed by atoms with Crippen molar-refractivity contribution in [1.29, 1.82) is 0 Å². The summed E-state index contributed by atoms with van der Waals surface area (Å²) in [6, 6.07) is 8.77. The van der Waals surface area contributed by atoms with E-state index in [0.717, 1.165) is 0 Å². The molecule has 0 aliphatic rings. The standard InChI is InChI=1S/3C5H4O3.La/c3*6-5(7)4-2-1-3-8-4;/h3*1-3H,(H,6,7);. The number of furan rings is 3. The molecular formula is C15H12LaO9. The van der Waals surface area contributed by atoms with Gasteiger partial charge in [-0.2, -0.15) is 0 Å². The molecule has 3 N–H and O–H groups in total. The fourth-order valence-electron chi connectivity index (χ4n) is 1.20. The van der Waals surface area contributed by atoms with Gasteiger partial charge in [-0.15, -0.1) is 0 Å². The summed E-state index contributed by atoms with van der Waals surface area (Å²) in [5.74, 6) is -3.17. The van der Waals surface area contributed by atoms with E-state index in [1.807, 2.05) is 0 Å². The Bertz CT molecular complexity index is 638. The molecule has 0 saturated heterocycles. The van der Waals surface area contributed by atoms with Crippen LogP contribution >= 0.6 is 0 Å². The number of carboxylic acids is 3. The summed E-state index contributed by atoms with van der Waals surface area (Å²) < 4.78 is 13.5. The minimum atomic E-state index is -1.03. The van der Waals surface area contributed by atoms with Crippen molar-refractivity contribution in [2.45, 2.75) is 0 Å². The van der Waals surface area contributed by atoms with Gasteiger partial charge in [0, 0.05) is 35.6 Å². The van der Waals surface area contributed by atoms with Crippen LogP contribution in [0.15, 0.2) is 68.4 Å². The molecule has 3 aromatic rings. The molecule has 0 saturated carbocycles. The molecule has 0 spiro atoms. The Hall–Kier alpha value is -2.56. The summed E-state index contributed by atoms with van der Waals surface area (Å²) in [5.41, 5.74) is 0. The van der Waals surface area contributed by atoms with Gasteiger partial charge < -0.3 is 28.6 Å². The van der Waals surface area contributed by atoms with Gasteiger partial charge in [-0.3, -0.25) is 0 Å². The van der Waals surface area contributed by atoms with E-state index in [4.69, 9.17) is 15.3 Å². The molecule has 25 heavy (non-hydrogen) atoms. The number of rotatable bonds is 3. The van der Waals surface area contributed by atoms with Crippen LogP contribution in [0, 0.1) is 35.6 Å². The molecule has 0 fully saturated rings. The van der Waals surface area contributed by atoms with E-state index in [2.05, 4.69) is 13.3 Å². The topological polar surface area (TPSA) is 151 Å². The van der Waals surface area contributed by atoms with Crippen LogP contribution in [-0.4, -0.2) is 33.2 Å². The fraction of sp³-hybridized carbons (Fsp3) is 0. The predicted octanol–water partition coefficient (Wildman–Crippen LogP) is 2.93. The second-order valence-corrected chi connectivity index (χ2v) is 3.85. The molecule has 3 aromatic heterocycles. The van der Waals surface area contributed by atoms with E-state index in [0.29, 0.717) is 0 Å². The zero-order chi connectivity index (χ0) is 17.9. The van der Waals surface area contributed by atoms with Crippen molar-refractivity contribution in [3.05, 3.63) is 72.5 Å². The molecule has 0 amide bonds. The first-order chi connectivity index (χ1) is 11.4. The quantitative estimate of drug-likeness (QED) is 0.519. The van der Waals surface area contributed by atoms with E-state index in [-0.39, 0.29) is 52.9 Å². The largest absolute Gasteiger partial charge is 0.475 e. The molecular weight excluding hydrogens is 463 g/mol. The molecule has 9 nitrogen and oxygen atoms in total. The Labute approximate surface area is 168 Å². The van der Waals surface area contributed by atoms with Crippen LogP contribution in [0.4, 0.5) is 0 Å². The SMILES string of the molecule is O=C(O)c1ccco1.O=C(O)c1ccco1.O=C(O)c1ccco1.[La]. The van der Waals surface area contributed by atoms with Gasteiger partial charge in [0.1, 0.15) is 0 Å². The third kappa shape index (κ3) is 8.75. The third-order valence-corrected chi connectivity index (χ3v) is 2.20. The summed E-state index contributed by atoms with van der Waals surface area (Å²) in [4.78, 5) is 29.9. The van der Waals surface area contributed by atoms with Crippen LogP contribution in [-0.2, 0) is 0 Å². The first-order valence-electron chi connectivity index (χ1n) is 6.22. The van der Waals surface area contributed by atoms with Crippen molar-refractivity contribution in [3.63, 3.8) is 0 Å². The number of hydrogen-bond donors (Lipinski definition) is 3. The van der Waals surface area contributed by atoms with Gasteiger partial charge in [0.05, 0.1) is 18.8 Å². The molecule has 129 valence electrons. The molecule has 0 unspecified atom stereocenters. The maximum absolute atomic E-state index is 9.97. The molecule has 0 aromatic carbocycles. The summed E-state index contributed by atoms with van der Waals surface area (Å²) in [5, 5.41) is 24.5. The van der Waals surface area contributed by atoms with Crippen LogP contribution in [0.25, 0.3) is 0 Å². The average Bonchev–Trinajstić information content (AvgIpc) is 3.29. The van der Waals surface area contributed by atoms with Gasteiger partial charge in [-0.05, 0) is 36.4 Å². The normalized spacial score (nSPS) is 8.64.